The fourth-order valence-electron chi connectivity index (χ4n) is 1.73. The molecular formula is C12H16N2O3. The standard InChI is InChI=1S/C12H16N2O3/c1-7(13)12(16)8-2-3-10-9(6-8)14-11(15)4-5-17-10/h2-3,6-7,12,16H,4-5,13H2,1H3,(H,14,15). The number of amides is 1. The Bertz CT molecular complexity index is 432. The van der Waals surface area contributed by atoms with Crippen molar-refractivity contribution in [3.8, 4) is 5.75 Å². The molecule has 1 heterocycles. The van der Waals surface area contributed by atoms with Crippen molar-refractivity contribution in [2.45, 2.75) is 25.5 Å². The highest BCUT2D eigenvalue weighted by atomic mass is 16.5. The van der Waals surface area contributed by atoms with Gasteiger partial charge in [0.1, 0.15) is 5.75 Å². The van der Waals surface area contributed by atoms with Crippen LogP contribution in [0.15, 0.2) is 18.2 Å². The number of fused-ring (bicyclic) bond motifs is 1. The molecule has 5 heteroatoms. The Balaban J connectivity index is 2.32. The van der Waals surface area contributed by atoms with E-state index in [1.54, 1.807) is 25.1 Å². The lowest BCUT2D eigenvalue weighted by atomic mass is 10.0. The summed E-state index contributed by atoms with van der Waals surface area (Å²) in [5, 5.41) is 12.6. The van der Waals surface area contributed by atoms with Crippen LogP contribution in [-0.2, 0) is 4.79 Å². The first kappa shape index (κ1) is 11.9. The van der Waals surface area contributed by atoms with Crippen molar-refractivity contribution in [2.75, 3.05) is 11.9 Å². The molecule has 0 bridgehead atoms. The summed E-state index contributed by atoms with van der Waals surface area (Å²) in [6.07, 6.45) is -0.416. The Labute approximate surface area is 99.6 Å². The Morgan fingerprint density at radius 2 is 2.29 bits per heavy atom. The summed E-state index contributed by atoms with van der Waals surface area (Å²) in [5.41, 5.74) is 6.89. The van der Waals surface area contributed by atoms with E-state index in [2.05, 4.69) is 5.32 Å². The number of nitrogens with two attached hydrogens (primary N) is 1. The Hall–Kier alpha value is -1.59. The molecule has 0 spiro atoms. The van der Waals surface area contributed by atoms with Gasteiger partial charge in [0.2, 0.25) is 5.91 Å². The summed E-state index contributed by atoms with van der Waals surface area (Å²) >= 11 is 0. The molecule has 1 aliphatic heterocycles. The average molecular weight is 236 g/mol. The molecule has 2 atom stereocenters. The maximum absolute atomic E-state index is 11.4. The van der Waals surface area contributed by atoms with Crippen molar-refractivity contribution >= 4 is 11.6 Å². The first-order valence-corrected chi connectivity index (χ1v) is 5.58. The number of hydrogen-bond acceptors (Lipinski definition) is 4. The zero-order valence-electron chi connectivity index (χ0n) is 9.64. The minimum Gasteiger partial charge on any atom is -0.491 e. The second-order valence-electron chi connectivity index (χ2n) is 4.21. The molecule has 2 rings (SSSR count). The van der Waals surface area contributed by atoms with E-state index in [9.17, 15) is 9.90 Å². The molecule has 5 nitrogen and oxygen atoms in total. The van der Waals surface area contributed by atoms with E-state index < -0.39 is 6.10 Å². The van der Waals surface area contributed by atoms with Gasteiger partial charge in [0.25, 0.3) is 0 Å². The number of carbonyl (C=O) groups is 1. The normalized spacial score (nSPS) is 18.4. The predicted octanol–water partition coefficient (Wildman–Crippen LogP) is 0.788. The number of aliphatic hydroxyl groups is 1. The zero-order valence-corrected chi connectivity index (χ0v) is 9.64. The van der Waals surface area contributed by atoms with Crippen molar-refractivity contribution < 1.29 is 14.6 Å². The van der Waals surface area contributed by atoms with Gasteiger partial charge in [0, 0.05) is 6.04 Å². The van der Waals surface area contributed by atoms with Crippen LogP contribution >= 0.6 is 0 Å². The SMILES string of the molecule is CC(N)C(O)c1ccc2c(c1)NC(=O)CCO2. The van der Waals surface area contributed by atoms with E-state index in [1.165, 1.54) is 0 Å². The number of benzene rings is 1. The molecule has 17 heavy (non-hydrogen) atoms. The maximum atomic E-state index is 11.4. The van der Waals surface area contributed by atoms with Gasteiger partial charge >= 0.3 is 0 Å². The van der Waals surface area contributed by atoms with Gasteiger partial charge in [-0.05, 0) is 24.6 Å². The van der Waals surface area contributed by atoms with Crippen LogP contribution in [0.1, 0.15) is 25.0 Å². The van der Waals surface area contributed by atoms with Crippen molar-refractivity contribution in [3.05, 3.63) is 23.8 Å². The first-order chi connectivity index (χ1) is 8.08. The quantitative estimate of drug-likeness (QED) is 0.708. The van der Waals surface area contributed by atoms with Gasteiger partial charge in [0.05, 0.1) is 24.8 Å². The Morgan fingerprint density at radius 1 is 1.53 bits per heavy atom. The number of hydrogen-bond donors (Lipinski definition) is 3. The molecule has 0 aliphatic carbocycles. The van der Waals surface area contributed by atoms with E-state index >= 15 is 0 Å². The van der Waals surface area contributed by atoms with Gasteiger partial charge in [-0.15, -0.1) is 0 Å². The third-order valence-corrected chi connectivity index (χ3v) is 2.70. The van der Waals surface area contributed by atoms with E-state index in [0.717, 1.165) is 0 Å². The van der Waals surface area contributed by atoms with Crippen molar-refractivity contribution in [1.82, 2.24) is 0 Å². The Kier molecular flexibility index (Phi) is 3.31. The molecule has 92 valence electrons. The highest BCUT2D eigenvalue weighted by molar-refractivity contribution is 5.93. The van der Waals surface area contributed by atoms with Crippen molar-refractivity contribution in [3.63, 3.8) is 0 Å². The summed E-state index contributed by atoms with van der Waals surface area (Å²) < 4.78 is 5.42. The molecule has 1 aromatic carbocycles. The van der Waals surface area contributed by atoms with Gasteiger partial charge in [-0.3, -0.25) is 4.79 Å². The van der Waals surface area contributed by atoms with Crippen molar-refractivity contribution in [1.29, 1.82) is 0 Å². The molecule has 0 fully saturated rings. The minimum atomic E-state index is -0.750. The smallest absolute Gasteiger partial charge is 0.227 e. The van der Waals surface area contributed by atoms with Gasteiger partial charge in [0.15, 0.2) is 0 Å². The lowest BCUT2D eigenvalue weighted by molar-refractivity contribution is -0.116. The fraction of sp³-hybridized carbons (Fsp3) is 0.417. The highest BCUT2D eigenvalue weighted by Crippen LogP contribution is 2.30. The maximum Gasteiger partial charge on any atom is 0.227 e. The number of nitrogens with one attached hydrogen (secondary N) is 1. The summed E-state index contributed by atoms with van der Waals surface area (Å²) in [6.45, 7) is 2.10. The number of rotatable bonds is 2. The summed E-state index contributed by atoms with van der Waals surface area (Å²) in [4.78, 5) is 11.4. The van der Waals surface area contributed by atoms with Crippen LogP contribution in [0.25, 0.3) is 0 Å². The molecule has 1 aromatic rings. The van der Waals surface area contributed by atoms with E-state index in [-0.39, 0.29) is 11.9 Å². The predicted molar refractivity (Wildman–Crippen MR) is 63.8 cm³/mol. The minimum absolute atomic E-state index is 0.0869. The zero-order chi connectivity index (χ0) is 12.4. The topological polar surface area (TPSA) is 84.6 Å². The molecule has 0 saturated carbocycles. The first-order valence-electron chi connectivity index (χ1n) is 5.58. The summed E-state index contributed by atoms with van der Waals surface area (Å²) in [7, 11) is 0. The summed E-state index contributed by atoms with van der Waals surface area (Å²) in [6, 6.07) is 4.83. The largest absolute Gasteiger partial charge is 0.491 e. The van der Waals surface area contributed by atoms with Crippen LogP contribution < -0.4 is 15.8 Å². The van der Waals surface area contributed by atoms with Gasteiger partial charge in [-0.1, -0.05) is 6.07 Å². The van der Waals surface area contributed by atoms with Crippen LogP contribution in [0.4, 0.5) is 5.69 Å². The Morgan fingerprint density at radius 3 is 3.00 bits per heavy atom. The number of aliphatic hydroxyl groups excluding tert-OH is 1. The molecular weight excluding hydrogens is 220 g/mol. The third-order valence-electron chi connectivity index (χ3n) is 2.70. The molecule has 0 radical (unpaired) electrons. The summed E-state index contributed by atoms with van der Waals surface area (Å²) in [5.74, 6) is 0.535. The number of anilines is 1. The highest BCUT2D eigenvalue weighted by Gasteiger charge is 2.18. The van der Waals surface area contributed by atoms with Crippen molar-refractivity contribution in [2.24, 2.45) is 5.73 Å². The van der Waals surface area contributed by atoms with E-state index in [4.69, 9.17) is 10.5 Å². The van der Waals surface area contributed by atoms with Crippen LogP contribution in [0, 0.1) is 0 Å². The molecule has 2 unspecified atom stereocenters. The molecule has 4 N–H and O–H groups in total. The molecule has 1 aliphatic rings. The van der Waals surface area contributed by atoms with E-state index in [1.807, 2.05) is 0 Å². The van der Waals surface area contributed by atoms with Crippen LogP contribution in [0.5, 0.6) is 5.75 Å². The lowest BCUT2D eigenvalue weighted by Crippen LogP contribution is -2.24. The number of ether oxygens (including phenoxy) is 1. The monoisotopic (exact) mass is 236 g/mol. The second kappa shape index (κ2) is 4.73. The van der Waals surface area contributed by atoms with Crippen LogP contribution in [-0.4, -0.2) is 23.7 Å². The molecule has 0 aromatic heterocycles. The fourth-order valence-corrected chi connectivity index (χ4v) is 1.73. The second-order valence-corrected chi connectivity index (χ2v) is 4.21. The average Bonchev–Trinajstić information content (AvgIpc) is 2.47. The van der Waals surface area contributed by atoms with Gasteiger partial charge in [-0.25, -0.2) is 0 Å². The lowest BCUT2D eigenvalue weighted by Gasteiger charge is -2.16. The number of carbonyl (C=O) groups excluding carboxylic acids is 1. The van der Waals surface area contributed by atoms with Gasteiger partial charge in [-0.2, -0.15) is 0 Å². The molecule has 0 saturated heterocycles. The van der Waals surface area contributed by atoms with Crippen LogP contribution in [0.3, 0.4) is 0 Å². The van der Waals surface area contributed by atoms with Crippen LogP contribution in [0.2, 0.25) is 0 Å². The third kappa shape index (κ3) is 2.57. The van der Waals surface area contributed by atoms with E-state index in [0.29, 0.717) is 30.0 Å². The molecule has 1 amide bonds. The van der Waals surface area contributed by atoms with Gasteiger partial charge < -0.3 is 20.9 Å².